The zero-order valence-electron chi connectivity index (χ0n) is 22.3. The number of carbonyl (C=O) groups is 1. The molecule has 1 aliphatic rings. The molecular weight excluding hydrogens is 531 g/mol. The number of carbonyl (C=O) groups excluding carboxylic acids is 1. The van der Waals surface area contributed by atoms with E-state index in [0.717, 1.165) is 24.2 Å². The number of amides is 1. The van der Waals surface area contributed by atoms with Gasteiger partial charge in [0, 0.05) is 37.2 Å². The third-order valence-electron chi connectivity index (χ3n) is 6.83. The minimum absolute atomic E-state index is 0.0272. The standard InChI is InChI=1S/C30H30F3N7O/c1-34-28(41)23-5-2-3-6-26(23)39-27-24(30(31,32)33)18-37-29(40-27)38-22-12-8-19(9-13-22)17-36-21-14-10-20(11-15-21)25-7-4-16-35-25/h2-3,5-6,8-15,18,25,35-36H,4,7,16-17H2,1H3,(H,34,41)(H2,37,38,39,40). The van der Waals surface area contributed by atoms with Crippen molar-refractivity contribution in [3.63, 3.8) is 0 Å². The molecule has 1 atom stereocenters. The third-order valence-corrected chi connectivity index (χ3v) is 6.83. The molecule has 1 aliphatic heterocycles. The van der Waals surface area contributed by atoms with E-state index in [9.17, 15) is 18.0 Å². The molecule has 1 amide bonds. The van der Waals surface area contributed by atoms with Gasteiger partial charge in [-0.25, -0.2) is 4.98 Å². The van der Waals surface area contributed by atoms with E-state index in [2.05, 4.69) is 60.8 Å². The van der Waals surface area contributed by atoms with Gasteiger partial charge in [-0.2, -0.15) is 18.2 Å². The van der Waals surface area contributed by atoms with Crippen LogP contribution >= 0.6 is 0 Å². The lowest BCUT2D eigenvalue weighted by Gasteiger charge is -2.16. The Labute approximate surface area is 235 Å². The van der Waals surface area contributed by atoms with E-state index in [4.69, 9.17) is 0 Å². The Bertz CT molecular complexity index is 1490. The molecule has 41 heavy (non-hydrogen) atoms. The average Bonchev–Trinajstić information content (AvgIpc) is 3.52. The van der Waals surface area contributed by atoms with Crippen molar-refractivity contribution >= 4 is 34.7 Å². The molecule has 8 nitrogen and oxygen atoms in total. The van der Waals surface area contributed by atoms with Crippen molar-refractivity contribution in [2.24, 2.45) is 0 Å². The highest BCUT2D eigenvalue weighted by atomic mass is 19.4. The van der Waals surface area contributed by atoms with Crippen LogP contribution in [0.25, 0.3) is 0 Å². The number of rotatable bonds is 9. The smallest absolute Gasteiger partial charge is 0.381 e. The van der Waals surface area contributed by atoms with Crippen molar-refractivity contribution < 1.29 is 18.0 Å². The molecule has 5 N–H and O–H groups in total. The van der Waals surface area contributed by atoms with Gasteiger partial charge in [0.2, 0.25) is 5.95 Å². The van der Waals surface area contributed by atoms with E-state index < -0.39 is 23.5 Å². The van der Waals surface area contributed by atoms with Crippen LogP contribution in [0.5, 0.6) is 0 Å². The molecule has 1 aromatic heterocycles. The van der Waals surface area contributed by atoms with Gasteiger partial charge in [0.25, 0.3) is 5.91 Å². The largest absolute Gasteiger partial charge is 0.421 e. The van der Waals surface area contributed by atoms with E-state index in [1.54, 1.807) is 24.3 Å². The molecule has 5 rings (SSSR count). The fourth-order valence-electron chi connectivity index (χ4n) is 4.64. The topological polar surface area (TPSA) is 103 Å². The average molecular weight is 562 g/mol. The van der Waals surface area contributed by atoms with E-state index >= 15 is 0 Å². The van der Waals surface area contributed by atoms with Crippen LogP contribution in [0.15, 0.2) is 79.0 Å². The number of para-hydroxylation sites is 1. The summed E-state index contributed by atoms with van der Waals surface area (Å²) >= 11 is 0. The summed E-state index contributed by atoms with van der Waals surface area (Å²) in [5.41, 5.74) is 3.26. The number of aromatic nitrogens is 2. The summed E-state index contributed by atoms with van der Waals surface area (Å²) in [7, 11) is 1.44. The number of halogens is 3. The Morgan fingerprint density at radius 3 is 2.39 bits per heavy atom. The number of alkyl halides is 3. The van der Waals surface area contributed by atoms with Crippen LogP contribution in [0.2, 0.25) is 0 Å². The normalized spacial score (nSPS) is 14.9. The first-order valence-electron chi connectivity index (χ1n) is 13.3. The molecule has 11 heteroatoms. The molecule has 2 heterocycles. The van der Waals surface area contributed by atoms with Gasteiger partial charge >= 0.3 is 6.18 Å². The Morgan fingerprint density at radius 1 is 0.976 bits per heavy atom. The minimum atomic E-state index is -4.70. The second kappa shape index (κ2) is 12.3. The molecule has 0 aliphatic carbocycles. The van der Waals surface area contributed by atoms with Crippen LogP contribution in [0.4, 0.5) is 42.0 Å². The monoisotopic (exact) mass is 561 g/mol. The van der Waals surface area contributed by atoms with E-state index in [0.29, 0.717) is 24.5 Å². The fourth-order valence-corrected chi connectivity index (χ4v) is 4.64. The Kier molecular flexibility index (Phi) is 8.34. The second-order valence-electron chi connectivity index (χ2n) is 9.65. The summed E-state index contributed by atoms with van der Waals surface area (Å²) in [6.45, 7) is 1.67. The lowest BCUT2D eigenvalue weighted by molar-refractivity contribution is -0.137. The van der Waals surface area contributed by atoms with Gasteiger partial charge in [0.05, 0.1) is 11.3 Å². The molecule has 1 fully saturated rings. The van der Waals surface area contributed by atoms with E-state index in [1.165, 1.54) is 31.2 Å². The van der Waals surface area contributed by atoms with Gasteiger partial charge in [-0.05, 0) is 66.9 Å². The zero-order valence-corrected chi connectivity index (χ0v) is 22.3. The van der Waals surface area contributed by atoms with Gasteiger partial charge in [-0.1, -0.05) is 36.4 Å². The zero-order chi connectivity index (χ0) is 28.8. The maximum Gasteiger partial charge on any atom is 0.421 e. The molecule has 0 bridgehead atoms. The first kappa shape index (κ1) is 27.9. The van der Waals surface area contributed by atoms with Crippen LogP contribution in [-0.4, -0.2) is 29.5 Å². The lowest BCUT2D eigenvalue weighted by atomic mass is 10.1. The number of nitrogens with zero attached hydrogens (tertiary/aromatic N) is 2. The molecule has 0 saturated carbocycles. The second-order valence-corrected chi connectivity index (χ2v) is 9.65. The van der Waals surface area contributed by atoms with Gasteiger partial charge in [0.15, 0.2) is 0 Å². The summed E-state index contributed by atoms with van der Waals surface area (Å²) in [4.78, 5) is 20.2. The van der Waals surface area contributed by atoms with Crippen LogP contribution in [-0.2, 0) is 12.7 Å². The molecule has 1 saturated heterocycles. The minimum Gasteiger partial charge on any atom is -0.381 e. The highest BCUT2D eigenvalue weighted by molar-refractivity contribution is 6.00. The predicted molar refractivity (Wildman–Crippen MR) is 154 cm³/mol. The third kappa shape index (κ3) is 6.93. The number of anilines is 5. The number of nitrogens with one attached hydrogen (secondary N) is 5. The molecule has 0 spiro atoms. The number of benzene rings is 3. The van der Waals surface area contributed by atoms with Gasteiger partial charge in [-0.15, -0.1) is 0 Å². The summed E-state index contributed by atoms with van der Waals surface area (Å²) < 4.78 is 41.2. The first-order valence-corrected chi connectivity index (χ1v) is 13.3. The van der Waals surface area contributed by atoms with Crippen LogP contribution in [0.1, 0.15) is 45.9 Å². The van der Waals surface area contributed by atoms with Crippen molar-refractivity contribution in [3.05, 3.63) is 101 Å². The maximum atomic E-state index is 13.7. The molecule has 3 aromatic carbocycles. The highest BCUT2D eigenvalue weighted by Crippen LogP contribution is 2.36. The van der Waals surface area contributed by atoms with Crippen LogP contribution in [0, 0.1) is 0 Å². The maximum absolute atomic E-state index is 13.7. The molecule has 0 radical (unpaired) electrons. The van der Waals surface area contributed by atoms with E-state index in [-0.39, 0.29) is 17.2 Å². The van der Waals surface area contributed by atoms with Crippen molar-refractivity contribution in [3.8, 4) is 0 Å². The van der Waals surface area contributed by atoms with Crippen molar-refractivity contribution in [1.82, 2.24) is 20.6 Å². The predicted octanol–water partition coefficient (Wildman–Crippen LogP) is 6.38. The Balaban J connectivity index is 1.26. The summed E-state index contributed by atoms with van der Waals surface area (Å²) in [6, 6.07) is 22.6. The van der Waals surface area contributed by atoms with Crippen molar-refractivity contribution in [1.29, 1.82) is 0 Å². The van der Waals surface area contributed by atoms with Gasteiger partial charge in [0.1, 0.15) is 11.4 Å². The number of hydrogen-bond donors (Lipinski definition) is 5. The van der Waals surface area contributed by atoms with Crippen molar-refractivity contribution in [2.75, 3.05) is 29.5 Å². The summed E-state index contributed by atoms with van der Waals surface area (Å²) in [5.74, 6) is -0.940. The highest BCUT2D eigenvalue weighted by Gasteiger charge is 2.35. The van der Waals surface area contributed by atoms with E-state index in [1.807, 2.05) is 12.1 Å². The number of hydrogen-bond acceptors (Lipinski definition) is 7. The van der Waals surface area contributed by atoms with Gasteiger partial charge < -0.3 is 26.6 Å². The summed E-state index contributed by atoms with van der Waals surface area (Å²) in [5, 5.41) is 15.0. The van der Waals surface area contributed by atoms with Crippen molar-refractivity contribution in [2.45, 2.75) is 31.6 Å². The van der Waals surface area contributed by atoms with Gasteiger partial charge in [-0.3, -0.25) is 4.79 Å². The Morgan fingerprint density at radius 2 is 1.71 bits per heavy atom. The lowest BCUT2D eigenvalue weighted by Crippen LogP contribution is -2.20. The first-order chi connectivity index (χ1) is 19.8. The van der Waals surface area contributed by atoms with Crippen LogP contribution < -0.4 is 26.6 Å². The van der Waals surface area contributed by atoms with Crippen LogP contribution in [0.3, 0.4) is 0 Å². The Hall–Kier alpha value is -4.64. The molecular formula is C30H30F3N7O. The quantitative estimate of drug-likeness (QED) is 0.162. The molecule has 1 unspecified atom stereocenters. The molecule has 212 valence electrons. The SMILES string of the molecule is CNC(=O)c1ccccc1Nc1nc(Nc2ccc(CNc3ccc(C4CCCN4)cc3)cc2)ncc1C(F)(F)F. The fraction of sp³-hybridized carbons (Fsp3) is 0.233. The molecule has 4 aromatic rings. The summed E-state index contributed by atoms with van der Waals surface area (Å²) in [6.07, 6.45) is -1.63.